The molecule has 1 aromatic carbocycles. The highest BCUT2D eigenvalue weighted by Gasteiger charge is 2.36. The van der Waals surface area contributed by atoms with Crippen LogP contribution in [0.1, 0.15) is 54.3 Å². The van der Waals surface area contributed by atoms with E-state index in [-0.39, 0.29) is 12.0 Å². The lowest BCUT2D eigenvalue weighted by atomic mass is 9.82. The van der Waals surface area contributed by atoms with E-state index in [9.17, 15) is 4.79 Å². The topological polar surface area (TPSA) is 38.1 Å². The first-order valence-electron chi connectivity index (χ1n) is 8.61. The van der Waals surface area contributed by atoms with Gasteiger partial charge in [-0.15, -0.1) is 0 Å². The molecule has 4 heteroatoms. The van der Waals surface area contributed by atoms with E-state index in [1.54, 1.807) is 0 Å². The van der Waals surface area contributed by atoms with Crippen LogP contribution in [0.2, 0.25) is 0 Å². The largest absolute Gasteiger partial charge is 0.335 e. The van der Waals surface area contributed by atoms with Crippen LogP contribution in [0.4, 0.5) is 0 Å². The number of hydrogen-bond donors (Lipinski definition) is 0. The second kappa shape index (κ2) is 5.84. The van der Waals surface area contributed by atoms with Gasteiger partial charge in [-0.1, -0.05) is 24.3 Å². The standard InChI is InChI=1S/C19H23N3O/c1-21-13-15(12-20-21)18-10-5-11-22(18)19(23)17-9-4-7-14-6-2-3-8-16(14)17/h2-3,6,8,12-13,17-18H,4-5,7,9-11H2,1H3/t17-,18-/m1/s1. The average Bonchev–Trinajstić information content (AvgIpc) is 3.22. The van der Waals surface area contributed by atoms with Gasteiger partial charge >= 0.3 is 0 Å². The summed E-state index contributed by atoms with van der Waals surface area (Å²) >= 11 is 0. The van der Waals surface area contributed by atoms with Gasteiger partial charge < -0.3 is 4.90 Å². The van der Waals surface area contributed by atoms with E-state index in [1.807, 2.05) is 24.1 Å². The molecule has 0 N–H and O–H groups in total. The number of carbonyl (C=O) groups excluding carboxylic acids is 1. The van der Waals surface area contributed by atoms with Crippen molar-refractivity contribution in [1.82, 2.24) is 14.7 Å². The van der Waals surface area contributed by atoms with Gasteiger partial charge in [-0.05, 0) is 43.2 Å². The molecule has 2 aromatic rings. The summed E-state index contributed by atoms with van der Waals surface area (Å²) in [6, 6.07) is 8.67. The fourth-order valence-electron chi connectivity index (χ4n) is 4.20. The summed E-state index contributed by atoms with van der Waals surface area (Å²) in [6.45, 7) is 0.872. The number of amides is 1. The van der Waals surface area contributed by atoms with Crippen molar-refractivity contribution in [3.63, 3.8) is 0 Å². The van der Waals surface area contributed by atoms with E-state index in [0.717, 1.165) is 38.6 Å². The van der Waals surface area contributed by atoms with Gasteiger partial charge in [0.25, 0.3) is 0 Å². The summed E-state index contributed by atoms with van der Waals surface area (Å²) in [6.07, 6.45) is 9.28. The normalized spacial score (nSPS) is 23.8. The van der Waals surface area contributed by atoms with Crippen LogP contribution < -0.4 is 0 Å². The first-order valence-corrected chi connectivity index (χ1v) is 8.61. The highest BCUT2D eigenvalue weighted by Crippen LogP contribution is 2.38. The second-order valence-corrected chi connectivity index (χ2v) is 6.78. The molecular formula is C19H23N3O. The van der Waals surface area contributed by atoms with Crippen LogP contribution in [0.3, 0.4) is 0 Å². The van der Waals surface area contributed by atoms with Crippen LogP contribution in [-0.4, -0.2) is 27.1 Å². The van der Waals surface area contributed by atoms with E-state index in [4.69, 9.17) is 0 Å². The van der Waals surface area contributed by atoms with Gasteiger partial charge in [-0.3, -0.25) is 9.48 Å². The Labute approximate surface area is 137 Å². The molecule has 2 heterocycles. The maximum absolute atomic E-state index is 13.3. The molecule has 0 unspecified atom stereocenters. The van der Waals surface area contributed by atoms with Crippen LogP contribution in [0.15, 0.2) is 36.7 Å². The number of aryl methyl sites for hydroxylation is 2. The molecule has 0 saturated carbocycles. The fraction of sp³-hybridized carbons (Fsp3) is 0.474. The predicted molar refractivity (Wildman–Crippen MR) is 89.0 cm³/mol. The van der Waals surface area contributed by atoms with Crippen molar-refractivity contribution < 1.29 is 4.79 Å². The van der Waals surface area contributed by atoms with E-state index >= 15 is 0 Å². The molecule has 1 saturated heterocycles. The number of aromatic nitrogens is 2. The smallest absolute Gasteiger partial charge is 0.230 e. The summed E-state index contributed by atoms with van der Waals surface area (Å²) in [5.74, 6) is 0.348. The molecule has 1 aliphatic carbocycles. The number of fused-ring (bicyclic) bond motifs is 1. The van der Waals surface area contributed by atoms with Gasteiger partial charge in [0.05, 0.1) is 18.2 Å². The highest BCUT2D eigenvalue weighted by molar-refractivity contribution is 5.85. The lowest BCUT2D eigenvalue weighted by molar-refractivity contribution is -0.134. The molecule has 2 aliphatic rings. The van der Waals surface area contributed by atoms with Gasteiger partial charge in [0, 0.05) is 25.4 Å². The van der Waals surface area contributed by atoms with Gasteiger partial charge in [0.1, 0.15) is 0 Å². The quantitative estimate of drug-likeness (QED) is 0.854. The highest BCUT2D eigenvalue weighted by atomic mass is 16.2. The Bertz CT molecular complexity index is 721. The third-order valence-electron chi connectivity index (χ3n) is 5.31. The van der Waals surface area contributed by atoms with Crippen LogP contribution in [0.5, 0.6) is 0 Å². The van der Waals surface area contributed by atoms with Gasteiger partial charge in [0.2, 0.25) is 5.91 Å². The van der Waals surface area contributed by atoms with Crippen molar-refractivity contribution in [2.45, 2.75) is 44.1 Å². The molecule has 0 radical (unpaired) electrons. The minimum atomic E-state index is 0.0391. The molecule has 1 aromatic heterocycles. The van der Waals surface area contributed by atoms with Gasteiger partial charge in [-0.25, -0.2) is 0 Å². The van der Waals surface area contributed by atoms with Crippen LogP contribution in [0.25, 0.3) is 0 Å². The number of nitrogens with zero attached hydrogens (tertiary/aromatic N) is 3. The van der Waals surface area contributed by atoms with Crippen molar-refractivity contribution in [2.75, 3.05) is 6.54 Å². The SMILES string of the molecule is Cn1cc([C@H]2CCCN2C(=O)[C@@H]2CCCc3ccccc32)cn1. The number of carbonyl (C=O) groups is 1. The zero-order chi connectivity index (χ0) is 15.8. The Kier molecular flexibility index (Phi) is 3.68. The zero-order valence-electron chi connectivity index (χ0n) is 13.6. The first kappa shape index (κ1) is 14.5. The molecular weight excluding hydrogens is 286 g/mol. The maximum Gasteiger partial charge on any atom is 0.230 e. The van der Waals surface area contributed by atoms with Gasteiger partial charge in [0.15, 0.2) is 0 Å². The minimum absolute atomic E-state index is 0.0391. The van der Waals surface area contributed by atoms with Crippen LogP contribution >= 0.6 is 0 Å². The Hall–Kier alpha value is -2.10. The van der Waals surface area contributed by atoms with E-state index < -0.39 is 0 Å². The number of rotatable bonds is 2. The van der Waals surface area contributed by atoms with Crippen molar-refractivity contribution in [1.29, 1.82) is 0 Å². The lowest BCUT2D eigenvalue weighted by Crippen LogP contribution is -2.36. The molecule has 0 bridgehead atoms. The predicted octanol–water partition coefficient (Wildman–Crippen LogP) is 3.20. The summed E-state index contributed by atoms with van der Waals surface area (Å²) in [7, 11) is 1.93. The minimum Gasteiger partial charge on any atom is -0.335 e. The lowest BCUT2D eigenvalue weighted by Gasteiger charge is -2.31. The molecule has 0 spiro atoms. The third-order valence-corrected chi connectivity index (χ3v) is 5.31. The Morgan fingerprint density at radius 1 is 1.22 bits per heavy atom. The maximum atomic E-state index is 13.3. The molecule has 23 heavy (non-hydrogen) atoms. The molecule has 2 atom stereocenters. The molecule has 120 valence electrons. The number of hydrogen-bond acceptors (Lipinski definition) is 2. The van der Waals surface area contributed by atoms with Crippen LogP contribution in [0, 0.1) is 0 Å². The summed E-state index contributed by atoms with van der Waals surface area (Å²) in [5.41, 5.74) is 3.78. The third kappa shape index (κ3) is 2.56. The van der Waals surface area contributed by atoms with E-state index in [2.05, 4.69) is 34.3 Å². The van der Waals surface area contributed by atoms with Crippen molar-refractivity contribution in [3.05, 3.63) is 53.3 Å². The van der Waals surface area contributed by atoms with Crippen molar-refractivity contribution in [3.8, 4) is 0 Å². The summed E-state index contributed by atoms with van der Waals surface area (Å²) in [5, 5.41) is 4.28. The summed E-state index contributed by atoms with van der Waals surface area (Å²) < 4.78 is 1.83. The van der Waals surface area contributed by atoms with Gasteiger partial charge in [-0.2, -0.15) is 5.10 Å². The molecule has 1 amide bonds. The van der Waals surface area contributed by atoms with E-state index in [0.29, 0.717) is 5.91 Å². The fourth-order valence-corrected chi connectivity index (χ4v) is 4.20. The monoisotopic (exact) mass is 309 g/mol. The number of benzene rings is 1. The average molecular weight is 309 g/mol. The summed E-state index contributed by atoms with van der Waals surface area (Å²) in [4.78, 5) is 15.4. The Morgan fingerprint density at radius 3 is 2.91 bits per heavy atom. The van der Waals surface area contributed by atoms with Crippen molar-refractivity contribution >= 4 is 5.91 Å². The molecule has 1 aliphatic heterocycles. The van der Waals surface area contributed by atoms with E-state index in [1.165, 1.54) is 16.7 Å². The molecule has 4 rings (SSSR count). The van der Waals surface area contributed by atoms with Crippen molar-refractivity contribution in [2.24, 2.45) is 7.05 Å². The first-order chi connectivity index (χ1) is 11.2. The zero-order valence-corrected chi connectivity index (χ0v) is 13.6. The molecule has 1 fully saturated rings. The number of likely N-dealkylation sites (tertiary alicyclic amines) is 1. The molecule has 4 nitrogen and oxygen atoms in total. The second-order valence-electron chi connectivity index (χ2n) is 6.78. The van der Waals surface area contributed by atoms with Crippen LogP contribution in [-0.2, 0) is 18.3 Å². The Morgan fingerprint density at radius 2 is 2.09 bits per heavy atom. The Balaban J connectivity index is 1.62.